The maximum absolute atomic E-state index is 12.6. The summed E-state index contributed by atoms with van der Waals surface area (Å²) in [5, 5.41) is 85.1. The molecule has 0 radical (unpaired) electrons. The maximum Gasteiger partial charge on any atom is 0.187 e. The fourth-order valence-corrected chi connectivity index (χ4v) is 15.5. The standard InChI is InChI=1S/C41H66O14/c1-18-12-21-32(36(4,5)55-34-29(49)27(47)26(46)22(14-42)51-34)54-41(53-21)16-38(7)31-19(43)13-23-35(2,3)24(52-33-28(48)25(45)20(44)15-50-33)8-9-39(23)17-40(31,39)11-10-37(38,6)30(18)41/h18-34,42-49H,8-17H2,1-7H3/t18-,19+,20-,21-,22+,23+,24+,25+,26+,27-,28-,29+,30-,31+,32+,33-,34-,37-,38+,39-,40+,41-/m1/s1. The molecule has 14 heteroatoms. The number of ether oxygens (including phenoxy) is 6. The van der Waals surface area contributed by atoms with Crippen LogP contribution in [0.5, 0.6) is 0 Å². The molecule has 314 valence electrons. The number of rotatable bonds is 6. The third-order valence-electron chi connectivity index (χ3n) is 18.0. The Morgan fingerprint density at radius 2 is 1.44 bits per heavy atom. The van der Waals surface area contributed by atoms with Crippen LogP contribution >= 0.6 is 0 Å². The largest absolute Gasteiger partial charge is 0.394 e. The Morgan fingerprint density at radius 1 is 0.727 bits per heavy atom. The van der Waals surface area contributed by atoms with Crippen molar-refractivity contribution in [1.82, 2.24) is 0 Å². The fraction of sp³-hybridized carbons (Fsp3) is 1.00. The van der Waals surface area contributed by atoms with Gasteiger partial charge in [0.1, 0.15) is 48.8 Å². The van der Waals surface area contributed by atoms with Gasteiger partial charge in [0.2, 0.25) is 0 Å². The van der Waals surface area contributed by atoms with Crippen LogP contribution in [0.15, 0.2) is 0 Å². The molecule has 9 rings (SSSR count). The van der Waals surface area contributed by atoms with Crippen molar-refractivity contribution >= 4 is 0 Å². The van der Waals surface area contributed by atoms with Crippen molar-refractivity contribution in [3.05, 3.63) is 0 Å². The molecule has 0 aromatic heterocycles. The van der Waals surface area contributed by atoms with E-state index in [1.54, 1.807) is 0 Å². The normalized spacial score (nSPS) is 60.6. The lowest BCUT2D eigenvalue weighted by atomic mass is 9.41. The summed E-state index contributed by atoms with van der Waals surface area (Å²) in [5.41, 5.74) is -1.87. The summed E-state index contributed by atoms with van der Waals surface area (Å²) in [6.45, 7) is 14.6. The van der Waals surface area contributed by atoms with Crippen LogP contribution in [0, 0.1) is 50.7 Å². The molecular formula is C41H66O14. The van der Waals surface area contributed by atoms with E-state index in [2.05, 4.69) is 34.6 Å². The van der Waals surface area contributed by atoms with E-state index in [1.807, 2.05) is 13.8 Å². The van der Waals surface area contributed by atoms with Gasteiger partial charge in [0.15, 0.2) is 18.4 Å². The van der Waals surface area contributed by atoms with E-state index in [-0.39, 0.29) is 69.6 Å². The lowest BCUT2D eigenvalue weighted by molar-refractivity contribution is -0.334. The van der Waals surface area contributed by atoms with Gasteiger partial charge < -0.3 is 69.3 Å². The Bertz CT molecular complexity index is 1510. The average Bonchev–Trinajstić information content (AvgIpc) is 3.58. The Hall–Kier alpha value is -0.560. The number of hydrogen-bond acceptors (Lipinski definition) is 14. The van der Waals surface area contributed by atoms with Gasteiger partial charge in [0.25, 0.3) is 0 Å². The zero-order valence-corrected chi connectivity index (χ0v) is 33.4. The van der Waals surface area contributed by atoms with E-state index >= 15 is 0 Å². The van der Waals surface area contributed by atoms with Gasteiger partial charge in [-0.3, -0.25) is 0 Å². The molecule has 55 heavy (non-hydrogen) atoms. The van der Waals surface area contributed by atoms with E-state index in [0.717, 1.165) is 38.5 Å². The second-order valence-corrected chi connectivity index (χ2v) is 21.2. The molecule has 9 aliphatic rings. The molecule has 4 saturated heterocycles. The van der Waals surface area contributed by atoms with E-state index in [9.17, 15) is 40.9 Å². The number of aliphatic hydroxyl groups excluding tert-OH is 8. The molecule has 0 unspecified atom stereocenters. The number of hydrogen-bond donors (Lipinski definition) is 8. The molecule has 0 aromatic rings. The highest BCUT2D eigenvalue weighted by molar-refractivity contribution is 5.34. The van der Waals surface area contributed by atoms with Crippen LogP contribution in [0.1, 0.15) is 99.8 Å². The third kappa shape index (κ3) is 5.10. The summed E-state index contributed by atoms with van der Waals surface area (Å²) in [6, 6.07) is 0. The zero-order chi connectivity index (χ0) is 39.6. The summed E-state index contributed by atoms with van der Waals surface area (Å²) in [5.74, 6) is -0.345. The summed E-state index contributed by atoms with van der Waals surface area (Å²) >= 11 is 0. The molecule has 0 aromatic carbocycles. The Labute approximate surface area is 323 Å². The van der Waals surface area contributed by atoms with Crippen molar-refractivity contribution < 1.29 is 69.3 Å². The molecule has 4 aliphatic heterocycles. The Morgan fingerprint density at radius 3 is 2.15 bits per heavy atom. The second kappa shape index (κ2) is 12.5. The smallest absolute Gasteiger partial charge is 0.187 e. The molecule has 3 spiro atoms. The monoisotopic (exact) mass is 782 g/mol. The van der Waals surface area contributed by atoms with Crippen LogP contribution in [0.25, 0.3) is 0 Å². The number of fused-ring (bicyclic) bond motifs is 4. The topological polar surface area (TPSA) is 217 Å². The molecule has 0 amide bonds. The van der Waals surface area contributed by atoms with Crippen molar-refractivity contribution in [2.24, 2.45) is 50.7 Å². The van der Waals surface area contributed by atoms with Crippen LogP contribution in [-0.4, -0.2) is 145 Å². The first-order chi connectivity index (χ1) is 25.6. The van der Waals surface area contributed by atoms with Crippen LogP contribution in [-0.2, 0) is 28.4 Å². The SMILES string of the molecule is C[C@@H]1C[C@H]2O[C@]3(C[C@@]4(C)[C@@H]5[C@@H](O)C[C@H]6C(C)(C)[C@@H](O[C@H]7OC[C@@H](O)[C@H](O)[C@H]7O)CC[C@@]67C[C@@]57CC[C@]4(C)[C@@H]13)O[C@@H]2C(C)(C)O[C@H]1O[C@@H](CO)[C@H](O)[C@@H](O)[C@@H]1O. The van der Waals surface area contributed by atoms with Crippen LogP contribution in [0.4, 0.5) is 0 Å². The Balaban J connectivity index is 0.974. The molecule has 9 fully saturated rings. The molecule has 8 N–H and O–H groups in total. The fourth-order valence-electron chi connectivity index (χ4n) is 15.5. The summed E-state index contributed by atoms with van der Waals surface area (Å²) in [7, 11) is 0. The number of aliphatic hydroxyl groups is 8. The van der Waals surface area contributed by atoms with Crippen LogP contribution < -0.4 is 0 Å². The van der Waals surface area contributed by atoms with Crippen molar-refractivity contribution in [1.29, 1.82) is 0 Å². The zero-order valence-electron chi connectivity index (χ0n) is 33.4. The molecular weight excluding hydrogens is 716 g/mol. The van der Waals surface area contributed by atoms with Gasteiger partial charge in [0.05, 0.1) is 37.1 Å². The molecule has 22 atom stereocenters. The predicted molar refractivity (Wildman–Crippen MR) is 191 cm³/mol. The summed E-state index contributed by atoms with van der Waals surface area (Å²) < 4.78 is 38.6. The lowest BCUT2D eigenvalue weighted by Gasteiger charge is -2.64. The quantitative estimate of drug-likeness (QED) is 0.176. The van der Waals surface area contributed by atoms with Crippen molar-refractivity contribution in [2.75, 3.05) is 13.2 Å². The van der Waals surface area contributed by atoms with Gasteiger partial charge in [-0.05, 0) is 104 Å². The van der Waals surface area contributed by atoms with E-state index in [4.69, 9.17) is 28.4 Å². The van der Waals surface area contributed by atoms with Crippen LogP contribution in [0.3, 0.4) is 0 Å². The maximum atomic E-state index is 12.6. The third-order valence-corrected chi connectivity index (χ3v) is 18.0. The van der Waals surface area contributed by atoms with Gasteiger partial charge in [-0.1, -0.05) is 34.6 Å². The van der Waals surface area contributed by atoms with Gasteiger partial charge in [-0.25, -0.2) is 0 Å². The molecule has 5 aliphatic carbocycles. The molecule has 2 bridgehead atoms. The van der Waals surface area contributed by atoms with Crippen molar-refractivity contribution in [3.8, 4) is 0 Å². The highest BCUT2D eigenvalue weighted by Gasteiger charge is 2.87. The average molecular weight is 783 g/mol. The van der Waals surface area contributed by atoms with Crippen molar-refractivity contribution in [2.45, 2.75) is 191 Å². The molecule has 4 heterocycles. The lowest BCUT2D eigenvalue weighted by Crippen LogP contribution is -2.63. The minimum atomic E-state index is -1.55. The first-order valence-electron chi connectivity index (χ1n) is 21.0. The Kier molecular flexibility index (Phi) is 9.06. The van der Waals surface area contributed by atoms with E-state index in [1.165, 1.54) is 0 Å². The minimum absolute atomic E-state index is 0.0384. The van der Waals surface area contributed by atoms with E-state index in [0.29, 0.717) is 12.8 Å². The van der Waals surface area contributed by atoms with E-state index < -0.39 is 85.5 Å². The summed E-state index contributed by atoms with van der Waals surface area (Å²) in [6.07, 6.45) is -6.67. The predicted octanol–water partition coefficient (Wildman–Crippen LogP) is 0.946. The first kappa shape index (κ1) is 39.9. The van der Waals surface area contributed by atoms with Gasteiger partial charge in [-0.2, -0.15) is 0 Å². The first-order valence-corrected chi connectivity index (χ1v) is 21.0. The van der Waals surface area contributed by atoms with Crippen molar-refractivity contribution in [3.63, 3.8) is 0 Å². The van der Waals surface area contributed by atoms with Crippen LogP contribution in [0.2, 0.25) is 0 Å². The highest BCUT2D eigenvalue weighted by Crippen LogP contribution is 2.90. The second-order valence-electron chi connectivity index (χ2n) is 21.2. The minimum Gasteiger partial charge on any atom is -0.394 e. The van der Waals surface area contributed by atoms with Gasteiger partial charge >= 0.3 is 0 Å². The highest BCUT2D eigenvalue weighted by atomic mass is 16.8. The summed E-state index contributed by atoms with van der Waals surface area (Å²) in [4.78, 5) is 0. The van der Waals surface area contributed by atoms with Gasteiger partial charge in [-0.15, -0.1) is 0 Å². The molecule has 5 saturated carbocycles. The van der Waals surface area contributed by atoms with Gasteiger partial charge in [0, 0.05) is 12.3 Å². The molecule has 14 nitrogen and oxygen atoms in total.